The van der Waals surface area contributed by atoms with Gasteiger partial charge in [0.2, 0.25) is 10.0 Å². The third kappa shape index (κ3) is 5.43. The molecule has 2 aliphatic heterocycles. The summed E-state index contributed by atoms with van der Waals surface area (Å²) >= 11 is 0. The Morgan fingerprint density at radius 2 is 1.91 bits per heavy atom. The van der Waals surface area contributed by atoms with Crippen molar-refractivity contribution < 1.29 is 27.4 Å². The minimum absolute atomic E-state index is 0.0424. The third-order valence-corrected chi connectivity index (χ3v) is 8.23. The molecule has 1 amide bonds. The fraction of sp³-hybridized carbons (Fsp3) is 0.480. The Bertz CT molecular complexity index is 1110. The number of nitrogens with zero attached hydrogens (tertiary/aromatic N) is 2. The summed E-state index contributed by atoms with van der Waals surface area (Å²) in [6.07, 6.45) is 1.81. The van der Waals surface area contributed by atoms with Gasteiger partial charge in [0.1, 0.15) is 5.75 Å². The maximum atomic E-state index is 13.8. The van der Waals surface area contributed by atoms with Crippen molar-refractivity contribution in [3.05, 3.63) is 59.2 Å². The number of carbonyl (C=O) groups is 1. The number of rotatable bonds is 8. The van der Waals surface area contributed by atoms with E-state index in [1.807, 2.05) is 31.2 Å². The molecule has 184 valence electrons. The van der Waals surface area contributed by atoms with E-state index in [0.717, 1.165) is 24.0 Å². The molecular weight excluding hydrogens is 456 g/mol. The third-order valence-electron chi connectivity index (χ3n) is 6.34. The molecule has 0 bridgehead atoms. The lowest BCUT2D eigenvalue weighted by Gasteiger charge is -2.28. The zero-order chi connectivity index (χ0) is 24.1. The molecule has 0 aliphatic carbocycles. The Morgan fingerprint density at radius 1 is 1.15 bits per heavy atom. The first kappa shape index (κ1) is 24.7. The molecule has 9 heteroatoms. The number of para-hydroxylation sites is 1. The molecule has 2 aromatic rings. The highest BCUT2D eigenvalue weighted by molar-refractivity contribution is 7.89. The normalized spacial score (nSPS) is 19.2. The molecule has 0 radical (unpaired) electrons. The van der Waals surface area contributed by atoms with Gasteiger partial charge in [-0.2, -0.15) is 4.31 Å². The highest BCUT2D eigenvalue weighted by Crippen LogP contribution is 2.25. The summed E-state index contributed by atoms with van der Waals surface area (Å²) in [4.78, 5) is 15.7. The first-order valence-corrected chi connectivity index (χ1v) is 13.1. The van der Waals surface area contributed by atoms with Gasteiger partial charge in [0, 0.05) is 43.9 Å². The number of carbonyl (C=O) groups excluding carboxylic acids is 1. The van der Waals surface area contributed by atoms with Crippen LogP contribution in [0.5, 0.6) is 5.75 Å². The van der Waals surface area contributed by atoms with Gasteiger partial charge in [0.25, 0.3) is 5.91 Å². The van der Waals surface area contributed by atoms with Crippen LogP contribution in [0.2, 0.25) is 0 Å². The standard InChI is InChI=1S/C25H32N2O6S/c1-19-9-10-22(34(29,30)27-11-14-32-15-12-27)16-23(19)25(28)26(18-21-7-5-13-33-21)17-20-6-3-4-8-24(20)31-2/h3-4,6,8-10,16,21H,5,7,11-15,17-18H2,1-2H3. The van der Waals surface area contributed by atoms with Crippen LogP contribution in [-0.4, -0.2) is 76.2 Å². The second-order valence-electron chi connectivity index (χ2n) is 8.63. The average Bonchev–Trinajstić information content (AvgIpc) is 3.37. The molecule has 2 saturated heterocycles. The number of sulfonamides is 1. The zero-order valence-electron chi connectivity index (χ0n) is 19.7. The number of morpholine rings is 1. The van der Waals surface area contributed by atoms with Crippen molar-refractivity contribution >= 4 is 15.9 Å². The van der Waals surface area contributed by atoms with Crippen LogP contribution in [0.1, 0.15) is 34.3 Å². The molecule has 2 aliphatic rings. The van der Waals surface area contributed by atoms with Crippen molar-refractivity contribution in [1.29, 1.82) is 0 Å². The minimum atomic E-state index is -3.71. The van der Waals surface area contributed by atoms with Crippen LogP contribution < -0.4 is 4.74 Å². The van der Waals surface area contributed by atoms with Crippen molar-refractivity contribution in [3.63, 3.8) is 0 Å². The highest BCUT2D eigenvalue weighted by atomic mass is 32.2. The molecule has 2 aromatic carbocycles. The molecule has 0 N–H and O–H groups in total. The molecule has 1 atom stereocenters. The summed E-state index contributed by atoms with van der Waals surface area (Å²) in [5, 5.41) is 0. The number of ether oxygens (including phenoxy) is 3. The molecule has 4 rings (SSSR count). The van der Waals surface area contributed by atoms with E-state index in [0.29, 0.717) is 57.3 Å². The van der Waals surface area contributed by atoms with E-state index in [-0.39, 0.29) is 16.9 Å². The summed E-state index contributed by atoms with van der Waals surface area (Å²) in [7, 11) is -2.11. The van der Waals surface area contributed by atoms with Crippen molar-refractivity contribution in [2.75, 3.05) is 46.6 Å². The largest absolute Gasteiger partial charge is 0.496 e. The van der Waals surface area contributed by atoms with E-state index in [4.69, 9.17) is 14.2 Å². The minimum Gasteiger partial charge on any atom is -0.496 e. The molecule has 2 heterocycles. The SMILES string of the molecule is COc1ccccc1CN(CC1CCCO1)C(=O)c1cc(S(=O)(=O)N2CCOCC2)ccc1C. The molecular formula is C25H32N2O6S. The van der Waals surface area contributed by atoms with Crippen LogP contribution in [-0.2, 0) is 26.0 Å². The molecule has 0 spiro atoms. The van der Waals surface area contributed by atoms with Gasteiger partial charge in [-0.1, -0.05) is 24.3 Å². The van der Waals surface area contributed by atoms with E-state index in [9.17, 15) is 13.2 Å². The van der Waals surface area contributed by atoms with Crippen LogP contribution in [0.3, 0.4) is 0 Å². The van der Waals surface area contributed by atoms with Gasteiger partial charge in [0.05, 0.1) is 31.3 Å². The molecule has 0 aromatic heterocycles. The summed E-state index contributed by atoms with van der Waals surface area (Å²) in [5.41, 5.74) is 1.98. The van der Waals surface area contributed by atoms with Crippen molar-refractivity contribution in [3.8, 4) is 5.75 Å². The van der Waals surface area contributed by atoms with Crippen LogP contribution in [0.15, 0.2) is 47.4 Å². The van der Waals surface area contributed by atoms with Gasteiger partial charge in [-0.15, -0.1) is 0 Å². The van der Waals surface area contributed by atoms with Crippen molar-refractivity contribution in [2.24, 2.45) is 0 Å². The number of hydrogen-bond donors (Lipinski definition) is 0. The Labute approximate surface area is 201 Å². The Balaban J connectivity index is 1.65. The fourth-order valence-electron chi connectivity index (χ4n) is 4.39. The molecule has 34 heavy (non-hydrogen) atoms. The van der Waals surface area contributed by atoms with Gasteiger partial charge >= 0.3 is 0 Å². The van der Waals surface area contributed by atoms with E-state index in [1.165, 1.54) is 10.4 Å². The first-order chi connectivity index (χ1) is 16.4. The van der Waals surface area contributed by atoms with Gasteiger partial charge in [-0.3, -0.25) is 4.79 Å². The lowest BCUT2D eigenvalue weighted by Crippen LogP contribution is -2.41. The van der Waals surface area contributed by atoms with Crippen LogP contribution in [0.4, 0.5) is 0 Å². The Morgan fingerprint density at radius 3 is 2.62 bits per heavy atom. The zero-order valence-corrected chi connectivity index (χ0v) is 20.6. The van der Waals surface area contributed by atoms with Gasteiger partial charge in [-0.05, 0) is 43.5 Å². The van der Waals surface area contributed by atoms with Gasteiger partial charge in [0.15, 0.2) is 0 Å². The Kier molecular flexibility index (Phi) is 7.88. The number of amides is 1. The number of hydrogen-bond acceptors (Lipinski definition) is 6. The summed E-state index contributed by atoms with van der Waals surface area (Å²) < 4.78 is 44.4. The molecule has 0 saturated carbocycles. The van der Waals surface area contributed by atoms with Crippen molar-refractivity contribution in [1.82, 2.24) is 9.21 Å². The van der Waals surface area contributed by atoms with Gasteiger partial charge in [-0.25, -0.2) is 8.42 Å². The number of benzene rings is 2. The van der Waals surface area contributed by atoms with E-state index >= 15 is 0 Å². The van der Waals surface area contributed by atoms with Crippen molar-refractivity contribution in [2.45, 2.75) is 37.3 Å². The monoisotopic (exact) mass is 488 g/mol. The maximum Gasteiger partial charge on any atom is 0.254 e. The predicted octanol–water partition coefficient (Wildman–Crippen LogP) is 2.85. The number of methoxy groups -OCH3 is 1. The second-order valence-corrected chi connectivity index (χ2v) is 10.6. The van der Waals surface area contributed by atoms with E-state index in [1.54, 1.807) is 24.1 Å². The first-order valence-electron chi connectivity index (χ1n) is 11.6. The molecule has 2 fully saturated rings. The maximum absolute atomic E-state index is 13.8. The smallest absolute Gasteiger partial charge is 0.254 e. The summed E-state index contributed by atoms with van der Waals surface area (Å²) in [6.45, 7) is 4.62. The van der Waals surface area contributed by atoms with E-state index in [2.05, 4.69) is 0 Å². The van der Waals surface area contributed by atoms with E-state index < -0.39 is 10.0 Å². The molecule has 1 unspecified atom stereocenters. The van der Waals surface area contributed by atoms with Crippen LogP contribution >= 0.6 is 0 Å². The summed E-state index contributed by atoms with van der Waals surface area (Å²) in [5.74, 6) is 0.478. The number of aryl methyl sites for hydroxylation is 1. The lowest BCUT2D eigenvalue weighted by molar-refractivity contribution is 0.0505. The quantitative estimate of drug-likeness (QED) is 0.568. The molecule has 8 nitrogen and oxygen atoms in total. The second kappa shape index (κ2) is 10.9. The topological polar surface area (TPSA) is 85.4 Å². The highest BCUT2D eigenvalue weighted by Gasteiger charge is 2.29. The summed E-state index contributed by atoms with van der Waals surface area (Å²) in [6, 6.07) is 12.4. The lowest BCUT2D eigenvalue weighted by atomic mass is 10.1. The predicted molar refractivity (Wildman–Crippen MR) is 127 cm³/mol. The van der Waals surface area contributed by atoms with Gasteiger partial charge < -0.3 is 19.1 Å². The average molecular weight is 489 g/mol. The van der Waals surface area contributed by atoms with Crippen LogP contribution in [0.25, 0.3) is 0 Å². The fourth-order valence-corrected chi connectivity index (χ4v) is 5.83. The Hall–Kier alpha value is -2.46. The van der Waals surface area contributed by atoms with Crippen LogP contribution in [0, 0.1) is 6.92 Å².